The quantitative estimate of drug-likeness (QED) is 0.637. The molecule has 5 rings (SSSR count). The van der Waals surface area contributed by atoms with Crippen molar-refractivity contribution in [3.8, 4) is 5.75 Å². The van der Waals surface area contributed by atoms with Crippen molar-refractivity contribution >= 4 is 17.4 Å². The lowest BCUT2D eigenvalue weighted by atomic mass is 9.97. The fraction of sp³-hybridized carbons (Fsp3) is 0.500. The number of piperidine rings is 1. The van der Waals surface area contributed by atoms with E-state index >= 15 is 0 Å². The average molecular weight is 464 g/mol. The predicted octanol–water partition coefficient (Wildman–Crippen LogP) is 3.54. The molecule has 0 radical (unpaired) electrons. The van der Waals surface area contributed by atoms with Crippen molar-refractivity contribution in [2.24, 2.45) is 5.92 Å². The van der Waals surface area contributed by atoms with Crippen molar-refractivity contribution in [3.05, 3.63) is 52.8 Å². The van der Waals surface area contributed by atoms with Gasteiger partial charge in [0.1, 0.15) is 11.6 Å². The number of anilines is 1. The smallest absolute Gasteiger partial charge is 0.254 e. The summed E-state index contributed by atoms with van der Waals surface area (Å²) in [5.41, 5.74) is 4.19. The molecule has 180 valence electrons. The summed E-state index contributed by atoms with van der Waals surface area (Å²) in [6.45, 7) is 8.11. The van der Waals surface area contributed by atoms with Gasteiger partial charge in [0.15, 0.2) is 5.65 Å². The number of likely N-dealkylation sites (tertiary alicyclic amines) is 1. The van der Waals surface area contributed by atoms with Gasteiger partial charge in [0.05, 0.1) is 24.9 Å². The minimum Gasteiger partial charge on any atom is -0.496 e. The van der Waals surface area contributed by atoms with Crippen LogP contribution in [0.1, 0.15) is 59.4 Å². The lowest BCUT2D eigenvalue weighted by Gasteiger charge is -2.35. The summed E-state index contributed by atoms with van der Waals surface area (Å²) >= 11 is 0. The Labute approximate surface area is 200 Å². The molecule has 4 heterocycles. The highest BCUT2D eigenvalue weighted by molar-refractivity contribution is 5.96. The van der Waals surface area contributed by atoms with E-state index in [9.17, 15) is 9.90 Å². The van der Waals surface area contributed by atoms with Gasteiger partial charge < -0.3 is 19.6 Å². The lowest BCUT2D eigenvalue weighted by molar-refractivity contribution is 0.0604. The van der Waals surface area contributed by atoms with Gasteiger partial charge in [0.25, 0.3) is 5.91 Å². The standard InChI is InChI=1S/C26H33N5O3/c1-16-13-29(15-22(16)32)25-17(2)14-31-24(27-25)12-20(28-31)21-9-5-6-11-30(21)26(33)19-8-7-10-23(34-4)18(19)3/h7-8,10,12,14,16,21-22,32H,5-6,9,11,13,15H2,1-4H3/t16-,21+,22+/m1/s1. The number of hydrogen-bond acceptors (Lipinski definition) is 6. The molecule has 34 heavy (non-hydrogen) atoms. The van der Waals surface area contributed by atoms with Crippen molar-refractivity contribution in [3.63, 3.8) is 0 Å². The van der Waals surface area contributed by atoms with Crippen LogP contribution < -0.4 is 9.64 Å². The highest BCUT2D eigenvalue weighted by Crippen LogP contribution is 2.34. The Balaban J connectivity index is 1.47. The number of rotatable bonds is 4. The first-order valence-corrected chi connectivity index (χ1v) is 12.1. The van der Waals surface area contributed by atoms with Crippen LogP contribution in [0.25, 0.3) is 5.65 Å². The Morgan fingerprint density at radius 3 is 2.76 bits per heavy atom. The van der Waals surface area contributed by atoms with E-state index in [0.717, 1.165) is 59.8 Å². The molecule has 2 aliphatic rings. The molecule has 0 saturated carbocycles. The first-order chi connectivity index (χ1) is 16.4. The first-order valence-electron chi connectivity index (χ1n) is 12.1. The van der Waals surface area contributed by atoms with Crippen LogP contribution in [0.3, 0.4) is 0 Å². The van der Waals surface area contributed by atoms with E-state index in [0.29, 0.717) is 18.7 Å². The largest absolute Gasteiger partial charge is 0.496 e. The molecule has 3 atom stereocenters. The van der Waals surface area contributed by atoms with E-state index in [1.54, 1.807) is 7.11 Å². The van der Waals surface area contributed by atoms with Gasteiger partial charge in [-0.05, 0) is 45.2 Å². The highest BCUT2D eigenvalue weighted by atomic mass is 16.5. The van der Waals surface area contributed by atoms with Gasteiger partial charge in [-0.25, -0.2) is 9.50 Å². The summed E-state index contributed by atoms with van der Waals surface area (Å²) in [7, 11) is 1.63. The van der Waals surface area contributed by atoms with Crippen molar-refractivity contribution in [2.45, 2.75) is 52.2 Å². The van der Waals surface area contributed by atoms with E-state index in [1.165, 1.54) is 0 Å². The van der Waals surface area contributed by atoms with Crippen LogP contribution in [0.15, 0.2) is 30.5 Å². The first kappa shape index (κ1) is 22.7. The van der Waals surface area contributed by atoms with E-state index in [-0.39, 0.29) is 24.0 Å². The van der Waals surface area contributed by atoms with Crippen LogP contribution >= 0.6 is 0 Å². The minimum atomic E-state index is -0.334. The summed E-state index contributed by atoms with van der Waals surface area (Å²) in [6.07, 6.45) is 4.58. The van der Waals surface area contributed by atoms with Gasteiger partial charge in [0.2, 0.25) is 0 Å². The van der Waals surface area contributed by atoms with E-state index < -0.39 is 0 Å². The third-order valence-corrected chi connectivity index (χ3v) is 7.34. The molecule has 2 saturated heterocycles. The third-order valence-electron chi connectivity index (χ3n) is 7.34. The summed E-state index contributed by atoms with van der Waals surface area (Å²) in [4.78, 5) is 22.6. The summed E-state index contributed by atoms with van der Waals surface area (Å²) in [5.74, 6) is 1.86. The zero-order chi connectivity index (χ0) is 24.0. The van der Waals surface area contributed by atoms with Crippen LogP contribution in [-0.4, -0.2) is 63.4 Å². The summed E-state index contributed by atoms with van der Waals surface area (Å²) < 4.78 is 7.26. The molecule has 1 N–H and O–H groups in total. The molecule has 2 fully saturated rings. The number of carbonyl (C=O) groups is 1. The molecule has 2 aliphatic heterocycles. The topological polar surface area (TPSA) is 83.2 Å². The lowest BCUT2D eigenvalue weighted by Crippen LogP contribution is -2.39. The number of aliphatic hydroxyl groups excluding tert-OH is 1. The molecule has 8 heteroatoms. The number of carbonyl (C=O) groups excluding carboxylic acids is 1. The maximum atomic E-state index is 13.6. The maximum absolute atomic E-state index is 13.6. The zero-order valence-corrected chi connectivity index (χ0v) is 20.4. The number of β-amino-alcohol motifs (C(OH)–C–C–N with tert-alkyl or cyclic N) is 1. The maximum Gasteiger partial charge on any atom is 0.254 e. The van der Waals surface area contributed by atoms with E-state index in [1.807, 2.05) is 53.7 Å². The molecule has 2 aromatic heterocycles. The SMILES string of the molecule is COc1cccc(C(=O)N2CCCC[C@H]2c2cc3nc(N4C[C@@H](C)[C@@H](O)C4)c(C)cn3n2)c1C. The van der Waals surface area contributed by atoms with Gasteiger partial charge in [-0.2, -0.15) is 5.10 Å². The average Bonchev–Trinajstić information content (AvgIpc) is 3.40. The fourth-order valence-corrected chi connectivity index (χ4v) is 5.33. The second kappa shape index (κ2) is 8.91. The van der Waals surface area contributed by atoms with Gasteiger partial charge in [-0.15, -0.1) is 0 Å². The Bertz CT molecular complexity index is 1210. The number of fused-ring (bicyclic) bond motifs is 1. The summed E-state index contributed by atoms with van der Waals surface area (Å²) in [5, 5.41) is 15.0. The number of aryl methyl sites for hydroxylation is 1. The Kier molecular flexibility index (Phi) is 5.93. The Morgan fingerprint density at radius 2 is 2.03 bits per heavy atom. The number of ether oxygens (including phenoxy) is 1. The fourth-order valence-electron chi connectivity index (χ4n) is 5.33. The van der Waals surface area contributed by atoms with Gasteiger partial charge in [-0.1, -0.05) is 13.0 Å². The number of aliphatic hydroxyl groups is 1. The van der Waals surface area contributed by atoms with Gasteiger partial charge >= 0.3 is 0 Å². The van der Waals surface area contributed by atoms with Crippen LogP contribution in [0, 0.1) is 19.8 Å². The van der Waals surface area contributed by atoms with Crippen molar-refractivity contribution in [1.29, 1.82) is 0 Å². The molecule has 1 amide bonds. The third kappa shape index (κ3) is 3.90. The summed E-state index contributed by atoms with van der Waals surface area (Å²) in [6, 6.07) is 7.54. The minimum absolute atomic E-state index is 0.0167. The van der Waals surface area contributed by atoms with Gasteiger partial charge in [0, 0.05) is 54.5 Å². The van der Waals surface area contributed by atoms with Crippen molar-refractivity contribution < 1.29 is 14.6 Å². The Morgan fingerprint density at radius 1 is 1.21 bits per heavy atom. The van der Waals surface area contributed by atoms with Crippen LogP contribution in [-0.2, 0) is 0 Å². The number of amides is 1. The second-order valence-corrected chi connectivity index (χ2v) is 9.71. The molecule has 0 unspecified atom stereocenters. The molecule has 0 aliphatic carbocycles. The highest BCUT2D eigenvalue weighted by Gasteiger charge is 2.33. The zero-order valence-electron chi connectivity index (χ0n) is 20.4. The van der Waals surface area contributed by atoms with Crippen molar-refractivity contribution in [2.75, 3.05) is 31.6 Å². The second-order valence-electron chi connectivity index (χ2n) is 9.71. The molecule has 1 aromatic carbocycles. The predicted molar refractivity (Wildman–Crippen MR) is 130 cm³/mol. The van der Waals surface area contributed by atoms with Crippen LogP contribution in [0.4, 0.5) is 5.82 Å². The molecule has 8 nitrogen and oxygen atoms in total. The van der Waals surface area contributed by atoms with Crippen molar-refractivity contribution in [1.82, 2.24) is 19.5 Å². The van der Waals surface area contributed by atoms with E-state index in [2.05, 4.69) is 11.8 Å². The number of hydrogen-bond donors (Lipinski definition) is 1. The van der Waals surface area contributed by atoms with Gasteiger partial charge in [-0.3, -0.25) is 4.79 Å². The molecular formula is C26H33N5O3. The normalized spacial score (nSPS) is 23.0. The van der Waals surface area contributed by atoms with Crippen LogP contribution in [0.5, 0.6) is 5.75 Å². The molecular weight excluding hydrogens is 430 g/mol. The number of benzene rings is 1. The Hall–Kier alpha value is -3.13. The van der Waals surface area contributed by atoms with E-state index in [4.69, 9.17) is 14.8 Å². The number of aromatic nitrogens is 3. The van der Waals surface area contributed by atoms with Crippen LogP contribution in [0.2, 0.25) is 0 Å². The molecule has 0 bridgehead atoms. The number of nitrogens with zero attached hydrogens (tertiary/aromatic N) is 5. The molecule has 3 aromatic rings. The molecule has 0 spiro atoms. The number of methoxy groups -OCH3 is 1. The monoisotopic (exact) mass is 463 g/mol.